The van der Waals surface area contributed by atoms with Crippen molar-refractivity contribution in [3.8, 4) is 0 Å². The van der Waals surface area contributed by atoms with Crippen molar-refractivity contribution in [1.29, 1.82) is 0 Å². The number of hydrogen-bond donors (Lipinski definition) is 1. The van der Waals surface area contributed by atoms with E-state index in [0.717, 1.165) is 53.9 Å². The summed E-state index contributed by atoms with van der Waals surface area (Å²) in [5.41, 5.74) is 4.00. The molecule has 182 valence electrons. The number of nitrogens with zero attached hydrogens (tertiary/aromatic N) is 2. The minimum atomic E-state index is -4.88. The van der Waals surface area contributed by atoms with Crippen molar-refractivity contribution in [3.05, 3.63) is 63.7 Å². The van der Waals surface area contributed by atoms with Crippen LogP contribution in [0.4, 0.5) is 18.9 Å². The van der Waals surface area contributed by atoms with Crippen molar-refractivity contribution >= 4 is 29.1 Å². The maximum absolute atomic E-state index is 12.9. The van der Waals surface area contributed by atoms with Crippen molar-refractivity contribution in [2.45, 2.75) is 44.8 Å². The summed E-state index contributed by atoms with van der Waals surface area (Å²) in [5, 5.41) is 3.80. The molecule has 1 N–H and O–H groups in total. The van der Waals surface area contributed by atoms with E-state index in [0.29, 0.717) is 29.2 Å². The summed E-state index contributed by atoms with van der Waals surface area (Å²) in [6.45, 7) is 2.03. The first kappa shape index (κ1) is 24.4. The van der Waals surface area contributed by atoms with Crippen LogP contribution in [-0.2, 0) is 24.2 Å². The summed E-state index contributed by atoms with van der Waals surface area (Å²) in [6.07, 6.45) is -1.02. The number of fused-ring (bicyclic) bond motifs is 1. The topological polar surface area (TPSA) is 52.7 Å². The Bertz CT molecular complexity index is 1050. The zero-order valence-electron chi connectivity index (χ0n) is 18.8. The Kier molecular flexibility index (Phi) is 7.36. The van der Waals surface area contributed by atoms with Gasteiger partial charge in [-0.15, -0.1) is 0 Å². The Morgan fingerprint density at radius 2 is 1.56 bits per heavy atom. The van der Waals surface area contributed by atoms with Gasteiger partial charge >= 0.3 is 12.1 Å². The first-order valence-corrected chi connectivity index (χ1v) is 11.9. The fourth-order valence-electron chi connectivity index (χ4n) is 4.60. The maximum Gasteiger partial charge on any atom is 0.471 e. The van der Waals surface area contributed by atoms with Crippen LogP contribution in [0.5, 0.6) is 0 Å². The van der Waals surface area contributed by atoms with Crippen LogP contribution >= 0.6 is 11.6 Å². The lowest BCUT2D eigenvalue weighted by molar-refractivity contribution is -0.185. The van der Waals surface area contributed by atoms with Crippen molar-refractivity contribution in [3.63, 3.8) is 0 Å². The molecule has 2 amide bonds. The molecule has 0 radical (unpaired) electrons. The van der Waals surface area contributed by atoms with Crippen LogP contribution in [-0.4, -0.2) is 54.0 Å². The molecule has 34 heavy (non-hydrogen) atoms. The Hall–Kier alpha value is -2.74. The number of benzene rings is 2. The van der Waals surface area contributed by atoms with E-state index in [2.05, 4.69) is 5.32 Å². The van der Waals surface area contributed by atoms with Gasteiger partial charge in [0.2, 0.25) is 0 Å². The third kappa shape index (κ3) is 5.49. The summed E-state index contributed by atoms with van der Waals surface area (Å²) in [5.74, 6) is -1.76. The van der Waals surface area contributed by atoms with Crippen molar-refractivity contribution in [2.75, 3.05) is 31.5 Å². The standard InChI is InChI=1S/C25H27ClF3N3O2/c26-21-9-8-18-10-14-32(24(34)25(27,28)29)15-11-20(18)22(21)30-16-17-4-6-19(7-5-17)23(33)31-12-2-1-3-13-31/h4-9,30H,1-3,10-16H2. The largest absolute Gasteiger partial charge is 0.471 e. The van der Waals surface area contributed by atoms with Gasteiger partial charge in [0.15, 0.2) is 0 Å². The second-order valence-electron chi connectivity index (χ2n) is 8.75. The number of rotatable bonds is 4. The summed E-state index contributed by atoms with van der Waals surface area (Å²) in [4.78, 5) is 27.1. The van der Waals surface area contributed by atoms with Crippen LogP contribution in [0.1, 0.15) is 46.3 Å². The van der Waals surface area contributed by atoms with Gasteiger partial charge in [-0.3, -0.25) is 9.59 Å². The van der Waals surface area contributed by atoms with Crippen molar-refractivity contribution < 1.29 is 22.8 Å². The second kappa shape index (κ2) is 10.3. The molecule has 0 spiro atoms. The lowest BCUT2D eigenvalue weighted by atomic mass is 10.0. The second-order valence-corrected chi connectivity index (χ2v) is 9.16. The molecule has 4 rings (SSSR count). The number of carbonyl (C=O) groups excluding carboxylic acids is 2. The molecule has 0 atom stereocenters. The van der Waals surface area contributed by atoms with Gasteiger partial charge in [0.05, 0.1) is 10.7 Å². The number of amides is 2. The number of carbonyl (C=O) groups is 2. The van der Waals surface area contributed by atoms with Crippen LogP contribution in [0.15, 0.2) is 36.4 Å². The zero-order chi connectivity index (χ0) is 24.3. The van der Waals surface area contributed by atoms with Gasteiger partial charge in [-0.25, -0.2) is 0 Å². The number of alkyl halides is 3. The van der Waals surface area contributed by atoms with Crippen LogP contribution in [0.25, 0.3) is 0 Å². The number of halogens is 4. The summed E-state index contributed by atoms with van der Waals surface area (Å²) >= 11 is 6.43. The third-order valence-electron chi connectivity index (χ3n) is 6.49. The highest BCUT2D eigenvalue weighted by Gasteiger charge is 2.42. The Morgan fingerprint density at radius 1 is 0.882 bits per heavy atom. The normalized spacial score (nSPS) is 16.6. The average Bonchev–Trinajstić information content (AvgIpc) is 3.05. The molecule has 0 aromatic heterocycles. The SMILES string of the molecule is O=C(c1ccc(CNc2c(Cl)ccc3c2CCN(C(=O)C(F)(F)F)CC3)cc1)N1CCCCC1. The molecule has 9 heteroatoms. The molecule has 0 bridgehead atoms. The summed E-state index contributed by atoms with van der Waals surface area (Å²) in [7, 11) is 0. The number of piperidine rings is 1. The first-order chi connectivity index (χ1) is 16.2. The van der Waals surface area contributed by atoms with Gasteiger partial charge in [0.25, 0.3) is 5.91 Å². The quantitative estimate of drug-likeness (QED) is 0.647. The molecule has 2 aromatic carbocycles. The Balaban J connectivity index is 1.43. The monoisotopic (exact) mass is 493 g/mol. The lowest BCUT2D eigenvalue weighted by Gasteiger charge is -2.26. The number of nitrogens with one attached hydrogen (secondary N) is 1. The van der Waals surface area contributed by atoms with E-state index < -0.39 is 12.1 Å². The molecule has 0 saturated carbocycles. The lowest BCUT2D eigenvalue weighted by Crippen LogP contribution is -2.42. The highest BCUT2D eigenvalue weighted by Crippen LogP contribution is 2.33. The van der Waals surface area contributed by atoms with E-state index in [1.54, 1.807) is 6.07 Å². The molecule has 2 heterocycles. The number of anilines is 1. The van der Waals surface area contributed by atoms with Gasteiger partial charge in [-0.2, -0.15) is 13.2 Å². The zero-order valence-corrected chi connectivity index (χ0v) is 19.5. The number of likely N-dealkylation sites (tertiary alicyclic amines) is 1. The number of hydrogen-bond acceptors (Lipinski definition) is 3. The molecule has 2 aromatic rings. The fourth-order valence-corrected chi connectivity index (χ4v) is 4.85. The van der Waals surface area contributed by atoms with E-state index in [1.807, 2.05) is 35.2 Å². The molecular formula is C25H27ClF3N3O2. The van der Waals surface area contributed by atoms with Gasteiger partial charge in [0, 0.05) is 38.3 Å². The van der Waals surface area contributed by atoms with E-state index in [4.69, 9.17) is 11.6 Å². The van der Waals surface area contributed by atoms with Crippen LogP contribution in [0, 0.1) is 0 Å². The predicted octanol–water partition coefficient (Wildman–Crippen LogP) is 5.07. The minimum absolute atomic E-state index is 0.0128. The smallest absolute Gasteiger partial charge is 0.380 e. The molecule has 2 aliphatic heterocycles. The van der Waals surface area contributed by atoms with E-state index >= 15 is 0 Å². The summed E-state index contributed by atoms with van der Waals surface area (Å²) < 4.78 is 38.6. The molecular weight excluding hydrogens is 467 g/mol. The molecule has 0 aliphatic carbocycles. The molecule has 2 aliphatic rings. The predicted molar refractivity (Wildman–Crippen MR) is 125 cm³/mol. The molecule has 5 nitrogen and oxygen atoms in total. The maximum atomic E-state index is 12.9. The van der Waals surface area contributed by atoms with E-state index in [1.165, 1.54) is 0 Å². The van der Waals surface area contributed by atoms with Gasteiger partial charge < -0.3 is 15.1 Å². The first-order valence-electron chi connectivity index (χ1n) is 11.5. The highest BCUT2D eigenvalue weighted by atomic mass is 35.5. The summed E-state index contributed by atoms with van der Waals surface area (Å²) in [6, 6.07) is 11.0. The van der Waals surface area contributed by atoms with E-state index in [9.17, 15) is 22.8 Å². The van der Waals surface area contributed by atoms with Crippen LogP contribution < -0.4 is 5.32 Å². The molecule has 1 saturated heterocycles. The van der Waals surface area contributed by atoms with Crippen molar-refractivity contribution in [1.82, 2.24) is 9.80 Å². The average molecular weight is 494 g/mol. The van der Waals surface area contributed by atoms with Crippen LogP contribution in [0.2, 0.25) is 5.02 Å². The highest BCUT2D eigenvalue weighted by molar-refractivity contribution is 6.33. The van der Waals surface area contributed by atoms with Crippen molar-refractivity contribution in [2.24, 2.45) is 0 Å². The third-order valence-corrected chi connectivity index (χ3v) is 6.80. The Morgan fingerprint density at radius 3 is 2.24 bits per heavy atom. The van der Waals surface area contributed by atoms with Crippen LogP contribution in [0.3, 0.4) is 0 Å². The van der Waals surface area contributed by atoms with Gasteiger partial charge in [-0.1, -0.05) is 29.8 Å². The van der Waals surface area contributed by atoms with Gasteiger partial charge in [-0.05, 0) is 67.0 Å². The molecule has 1 fully saturated rings. The fraction of sp³-hybridized carbons (Fsp3) is 0.440. The minimum Gasteiger partial charge on any atom is -0.380 e. The molecule has 0 unspecified atom stereocenters. The Labute approximate surface area is 201 Å². The van der Waals surface area contributed by atoms with Gasteiger partial charge in [0.1, 0.15) is 0 Å². The van der Waals surface area contributed by atoms with E-state index in [-0.39, 0.29) is 25.4 Å².